The highest BCUT2D eigenvalue weighted by atomic mass is 16.5. The van der Waals surface area contributed by atoms with Gasteiger partial charge in [0.2, 0.25) is 0 Å². The zero-order chi connectivity index (χ0) is 22.4. The Labute approximate surface area is 190 Å². The molecule has 0 aliphatic heterocycles. The van der Waals surface area contributed by atoms with E-state index in [0.717, 1.165) is 32.1 Å². The average Bonchev–Trinajstić information content (AvgIpc) is 2.80. The van der Waals surface area contributed by atoms with Crippen molar-refractivity contribution in [3.05, 3.63) is 0 Å². The SMILES string of the molecule is CCCCN(CCCC)C1CCC(C2C([O-])C(C3CCC(OC)C(OC)C3)C2[O-])CC1. The molecule has 0 spiro atoms. The molecule has 3 rings (SSSR count). The maximum absolute atomic E-state index is 13.2. The standard InChI is InChI=1S/C26H47NO4/c1-5-7-15-27(16-8-6-2)20-12-9-18(10-13-20)23-25(28)24(26(23)29)19-11-14-21(30-3)22(17-19)31-4/h18-26H,5-17H2,1-4H3/q-2. The van der Waals surface area contributed by atoms with Crippen LogP contribution in [0.2, 0.25) is 0 Å². The van der Waals surface area contributed by atoms with Gasteiger partial charge < -0.3 is 24.6 Å². The zero-order valence-electron chi connectivity index (χ0n) is 20.5. The second-order valence-corrected chi connectivity index (χ2v) is 10.5. The van der Waals surface area contributed by atoms with E-state index in [1.54, 1.807) is 14.2 Å². The average molecular weight is 438 g/mol. The molecule has 3 aliphatic carbocycles. The van der Waals surface area contributed by atoms with Crippen LogP contribution in [0.4, 0.5) is 0 Å². The fourth-order valence-electron chi connectivity index (χ4n) is 6.87. The third kappa shape index (κ3) is 5.84. The van der Waals surface area contributed by atoms with Crippen LogP contribution < -0.4 is 10.2 Å². The molecule has 0 aromatic rings. The third-order valence-electron chi connectivity index (χ3n) is 8.84. The van der Waals surface area contributed by atoms with Gasteiger partial charge in [0.25, 0.3) is 0 Å². The van der Waals surface area contributed by atoms with Crippen LogP contribution in [0.5, 0.6) is 0 Å². The number of unbranched alkanes of at least 4 members (excludes halogenated alkanes) is 2. The molecule has 31 heavy (non-hydrogen) atoms. The van der Waals surface area contributed by atoms with Crippen molar-refractivity contribution in [1.82, 2.24) is 4.90 Å². The molecular weight excluding hydrogens is 390 g/mol. The van der Waals surface area contributed by atoms with Crippen molar-refractivity contribution < 1.29 is 19.7 Å². The Balaban J connectivity index is 1.50. The lowest BCUT2D eigenvalue weighted by Crippen LogP contribution is -2.71. The van der Waals surface area contributed by atoms with E-state index in [0.29, 0.717) is 12.0 Å². The van der Waals surface area contributed by atoms with Gasteiger partial charge in [-0.15, -0.1) is 12.2 Å². The lowest BCUT2D eigenvalue weighted by atomic mass is 9.55. The number of nitrogens with zero attached hydrogens (tertiary/aromatic N) is 1. The van der Waals surface area contributed by atoms with Gasteiger partial charge >= 0.3 is 0 Å². The number of methoxy groups -OCH3 is 2. The van der Waals surface area contributed by atoms with Gasteiger partial charge in [0.05, 0.1) is 12.2 Å². The van der Waals surface area contributed by atoms with E-state index < -0.39 is 12.2 Å². The van der Waals surface area contributed by atoms with Crippen molar-refractivity contribution in [2.45, 2.75) is 115 Å². The predicted octanol–water partition coefficient (Wildman–Crippen LogP) is 2.98. The first-order valence-electron chi connectivity index (χ1n) is 13.2. The molecule has 5 atom stereocenters. The van der Waals surface area contributed by atoms with Gasteiger partial charge in [-0.2, -0.15) is 0 Å². The lowest BCUT2D eigenvalue weighted by Gasteiger charge is -2.67. The van der Waals surface area contributed by atoms with Gasteiger partial charge in [-0.1, -0.05) is 38.5 Å². The molecule has 0 saturated heterocycles. The normalized spacial score (nSPS) is 41.3. The molecule has 5 unspecified atom stereocenters. The number of hydrogen-bond acceptors (Lipinski definition) is 5. The summed E-state index contributed by atoms with van der Waals surface area (Å²) in [5.41, 5.74) is 0. The van der Waals surface area contributed by atoms with Crippen molar-refractivity contribution in [3.8, 4) is 0 Å². The highest BCUT2D eigenvalue weighted by molar-refractivity contribution is 5.04. The molecule has 3 fully saturated rings. The Morgan fingerprint density at radius 3 is 1.74 bits per heavy atom. The number of rotatable bonds is 11. The second kappa shape index (κ2) is 12.3. The van der Waals surface area contributed by atoms with Crippen molar-refractivity contribution in [1.29, 1.82) is 0 Å². The quantitative estimate of drug-likeness (QED) is 0.497. The van der Waals surface area contributed by atoms with Crippen LogP contribution in [-0.4, -0.2) is 62.7 Å². The predicted molar refractivity (Wildman–Crippen MR) is 121 cm³/mol. The van der Waals surface area contributed by atoms with Crippen LogP contribution in [0.25, 0.3) is 0 Å². The summed E-state index contributed by atoms with van der Waals surface area (Å²) >= 11 is 0. The van der Waals surface area contributed by atoms with Gasteiger partial charge in [0.1, 0.15) is 0 Å². The molecule has 0 bridgehead atoms. The summed E-state index contributed by atoms with van der Waals surface area (Å²) in [5, 5.41) is 26.4. The van der Waals surface area contributed by atoms with Gasteiger partial charge in [0, 0.05) is 20.3 Å². The van der Waals surface area contributed by atoms with Crippen LogP contribution in [-0.2, 0) is 9.47 Å². The van der Waals surface area contributed by atoms with Crippen LogP contribution in [0.15, 0.2) is 0 Å². The molecule has 3 saturated carbocycles. The molecule has 5 nitrogen and oxygen atoms in total. The van der Waals surface area contributed by atoms with Crippen molar-refractivity contribution in [2.24, 2.45) is 23.7 Å². The molecule has 182 valence electrons. The summed E-state index contributed by atoms with van der Waals surface area (Å²) in [6.07, 6.45) is 11.0. The van der Waals surface area contributed by atoms with E-state index >= 15 is 0 Å². The Morgan fingerprint density at radius 1 is 0.710 bits per heavy atom. The Hall–Kier alpha value is -0.200. The summed E-state index contributed by atoms with van der Waals surface area (Å²) in [6, 6.07) is 0.659. The van der Waals surface area contributed by atoms with E-state index in [2.05, 4.69) is 18.7 Å². The van der Waals surface area contributed by atoms with Crippen molar-refractivity contribution in [2.75, 3.05) is 27.3 Å². The first-order chi connectivity index (χ1) is 15.0. The van der Waals surface area contributed by atoms with E-state index in [1.165, 1.54) is 51.6 Å². The summed E-state index contributed by atoms with van der Waals surface area (Å²) in [7, 11) is 3.44. The Morgan fingerprint density at radius 2 is 1.23 bits per heavy atom. The molecule has 0 amide bonds. The smallest absolute Gasteiger partial charge is 0.0835 e. The highest BCUT2D eigenvalue weighted by Crippen LogP contribution is 2.49. The van der Waals surface area contributed by atoms with E-state index in [9.17, 15) is 10.2 Å². The molecule has 5 heteroatoms. The van der Waals surface area contributed by atoms with Crippen LogP contribution in [0.3, 0.4) is 0 Å². The summed E-state index contributed by atoms with van der Waals surface area (Å²) < 4.78 is 11.2. The molecule has 0 aromatic heterocycles. The van der Waals surface area contributed by atoms with Gasteiger partial charge in [-0.05, 0) is 82.7 Å². The fourth-order valence-corrected chi connectivity index (χ4v) is 6.87. The first-order valence-corrected chi connectivity index (χ1v) is 13.2. The van der Waals surface area contributed by atoms with Crippen molar-refractivity contribution >= 4 is 0 Å². The second-order valence-electron chi connectivity index (χ2n) is 10.5. The largest absolute Gasteiger partial charge is 0.852 e. The summed E-state index contributed by atoms with van der Waals surface area (Å²) in [6.45, 7) is 6.94. The molecule has 0 aromatic carbocycles. The lowest BCUT2D eigenvalue weighted by molar-refractivity contribution is -0.572. The third-order valence-corrected chi connectivity index (χ3v) is 8.84. The highest BCUT2D eigenvalue weighted by Gasteiger charge is 2.47. The number of ether oxygens (including phenoxy) is 2. The molecular formula is C26H47NO4-2. The van der Waals surface area contributed by atoms with Gasteiger partial charge in [-0.3, -0.25) is 0 Å². The topological polar surface area (TPSA) is 67.8 Å². The Kier molecular flexibility index (Phi) is 10.1. The maximum atomic E-state index is 13.2. The molecule has 0 radical (unpaired) electrons. The minimum Gasteiger partial charge on any atom is -0.852 e. The number of hydrogen-bond donors (Lipinski definition) is 0. The van der Waals surface area contributed by atoms with Crippen LogP contribution in [0.1, 0.15) is 84.5 Å². The monoisotopic (exact) mass is 437 g/mol. The van der Waals surface area contributed by atoms with E-state index in [-0.39, 0.29) is 30.0 Å². The molecule has 0 N–H and O–H groups in total. The minimum absolute atomic E-state index is 0.0230. The summed E-state index contributed by atoms with van der Waals surface area (Å²) in [5.74, 6) is 0.216. The molecule has 3 aliphatic rings. The summed E-state index contributed by atoms with van der Waals surface area (Å²) in [4.78, 5) is 2.70. The van der Waals surface area contributed by atoms with Crippen molar-refractivity contribution in [3.63, 3.8) is 0 Å². The fraction of sp³-hybridized carbons (Fsp3) is 1.00. The van der Waals surface area contributed by atoms with E-state index in [4.69, 9.17) is 9.47 Å². The molecule has 0 heterocycles. The maximum Gasteiger partial charge on any atom is 0.0835 e. The first kappa shape index (κ1) is 25.4. The zero-order valence-corrected chi connectivity index (χ0v) is 20.5. The minimum atomic E-state index is -0.665. The van der Waals surface area contributed by atoms with Gasteiger partial charge in [0.15, 0.2) is 0 Å². The van der Waals surface area contributed by atoms with Crippen LogP contribution >= 0.6 is 0 Å². The van der Waals surface area contributed by atoms with Crippen LogP contribution in [0, 0.1) is 23.7 Å². The van der Waals surface area contributed by atoms with Gasteiger partial charge in [-0.25, -0.2) is 0 Å². The van der Waals surface area contributed by atoms with E-state index in [1.807, 2.05) is 0 Å². The Bertz CT molecular complexity index is 492.